The highest BCUT2D eigenvalue weighted by Gasteiger charge is 1.98. The minimum atomic E-state index is 0.585. The molecular weight excluding hydrogens is 284 g/mol. The summed E-state index contributed by atoms with van der Waals surface area (Å²) in [5.74, 6) is 1.85. The molecule has 0 saturated heterocycles. The van der Waals surface area contributed by atoms with E-state index in [4.69, 9.17) is 9.47 Å². The molecule has 0 fully saturated rings. The second kappa shape index (κ2) is 10.7. The van der Waals surface area contributed by atoms with E-state index in [0.29, 0.717) is 6.61 Å². The Bertz CT molecular complexity index is 519. The smallest absolute Gasteiger partial charge is 0.119 e. The summed E-state index contributed by atoms with van der Waals surface area (Å²) in [4.78, 5) is 0. The number of ether oxygens (including phenoxy) is 2. The van der Waals surface area contributed by atoms with Crippen molar-refractivity contribution in [1.82, 2.24) is 0 Å². The van der Waals surface area contributed by atoms with E-state index in [0.717, 1.165) is 30.1 Å². The SMILES string of the molecule is CCCCCCCCOc1ccc(COc2ccccc2)cc1. The topological polar surface area (TPSA) is 18.5 Å². The first-order valence-electron chi connectivity index (χ1n) is 8.78. The fraction of sp³-hybridized carbons (Fsp3) is 0.429. The molecule has 2 rings (SSSR count). The van der Waals surface area contributed by atoms with Crippen molar-refractivity contribution in [1.29, 1.82) is 0 Å². The van der Waals surface area contributed by atoms with Crippen LogP contribution in [0.1, 0.15) is 51.0 Å². The van der Waals surface area contributed by atoms with Crippen molar-refractivity contribution in [3.63, 3.8) is 0 Å². The third kappa shape index (κ3) is 7.23. The van der Waals surface area contributed by atoms with Crippen LogP contribution in [0.3, 0.4) is 0 Å². The maximum absolute atomic E-state index is 5.79. The van der Waals surface area contributed by atoms with E-state index in [9.17, 15) is 0 Å². The van der Waals surface area contributed by atoms with Crippen LogP contribution in [0.25, 0.3) is 0 Å². The molecule has 0 aliphatic carbocycles. The Morgan fingerprint density at radius 2 is 1.30 bits per heavy atom. The lowest BCUT2D eigenvalue weighted by Gasteiger charge is -2.08. The first-order chi connectivity index (χ1) is 11.4. The highest BCUT2D eigenvalue weighted by molar-refractivity contribution is 5.28. The van der Waals surface area contributed by atoms with E-state index in [1.807, 2.05) is 42.5 Å². The Morgan fingerprint density at radius 1 is 0.652 bits per heavy atom. The van der Waals surface area contributed by atoms with Crippen LogP contribution >= 0.6 is 0 Å². The van der Waals surface area contributed by atoms with Crippen molar-refractivity contribution in [2.75, 3.05) is 6.61 Å². The molecule has 2 aromatic carbocycles. The summed E-state index contributed by atoms with van der Waals surface area (Å²) in [6.45, 7) is 3.64. The molecule has 0 unspecified atom stereocenters. The van der Waals surface area contributed by atoms with Crippen LogP contribution in [0, 0.1) is 0 Å². The summed E-state index contributed by atoms with van der Waals surface area (Å²) in [5.41, 5.74) is 1.15. The van der Waals surface area contributed by atoms with E-state index < -0.39 is 0 Å². The molecule has 2 aromatic rings. The van der Waals surface area contributed by atoms with Crippen molar-refractivity contribution in [3.05, 3.63) is 60.2 Å². The number of benzene rings is 2. The summed E-state index contributed by atoms with van der Waals surface area (Å²) in [6, 6.07) is 18.1. The molecule has 2 heteroatoms. The second-order valence-electron chi connectivity index (χ2n) is 5.86. The summed E-state index contributed by atoms with van der Waals surface area (Å²) >= 11 is 0. The molecule has 0 amide bonds. The quantitative estimate of drug-likeness (QED) is 0.473. The van der Waals surface area contributed by atoms with Crippen molar-refractivity contribution >= 4 is 0 Å². The van der Waals surface area contributed by atoms with Gasteiger partial charge >= 0.3 is 0 Å². The number of rotatable bonds is 11. The van der Waals surface area contributed by atoms with Crippen LogP contribution in [0.5, 0.6) is 11.5 Å². The summed E-state index contributed by atoms with van der Waals surface area (Å²) < 4.78 is 11.5. The normalized spacial score (nSPS) is 10.5. The van der Waals surface area contributed by atoms with Gasteiger partial charge in [0.1, 0.15) is 18.1 Å². The van der Waals surface area contributed by atoms with Gasteiger partial charge in [-0.25, -0.2) is 0 Å². The van der Waals surface area contributed by atoms with Gasteiger partial charge in [0, 0.05) is 0 Å². The Balaban J connectivity index is 1.62. The standard InChI is InChI=1S/C21H28O2/c1-2-3-4-5-6-10-17-22-21-15-13-19(14-16-21)18-23-20-11-8-7-9-12-20/h7-9,11-16H,2-6,10,17-18H2,1H3. The molecule has 0 heterocycles. The third-order valence-electron chi connectivity index (χ3n) is 3.84. The Kier molecular flexibility index (Phi) is 8.10. The molecule has 23 heavy (non-hydrogen) atoms. The molecule has 0 aliphatic rings. The highest BCUT2D eigenvalue weighted by atomic mass is 16.5. The van der Waals surface area contributed by atoms with Crippen LogP contribution in [0.4, 0.5) is 0 Å². The molecule has 0 N–H and O–H groups in total. The second-order valence-corrected chi connectivity index (χ2v) is 5.86. The van der Waals surface area contributed by atoms with E-state index in [1.165, 1.54) is 32.1 Å². The zero-order valence-electron chi connectivity index (χ0n) is 14.2. The lowest BCUT2D eigenvalue weighted by Crippen LogP contribution is -1.98. The van der Waals surface area contributed by atoms with Gasteiger partial charge in [0.25, 0.3) is 0 Å². The van der Waals surface area contributed by atoms with Gasteiger partial charge in [-0.3, -0.25) is 0 Å². The van der Waals surface area contributed by atoms with Crippen molar-refractivity contribution in [2.45, 2.75) is 52.1 Å². The largest absolute Gasteiger partial charge is 0.494 e. The number of hydrogen-bond acceptors (Lipinski definition) is 2. The maximum atomic E-state index is 5.79. The van der Waals surface area contributed by atoms with Gasteiger partial charge < -0.3 is 9.47 Å². The van der Waals surface area contributed by atoms with Gasteiger partial charge in [-0.2, -0.15) is 0 Å². The van der Waals surface area contributed by atoms with Crippen LogP contribution in [-0.4, -0.2) is 6.61 Å². The maximum Gasteiger partial charge on any atom is 0.119 e. The zero-order chi connectivity index (χ0) is 16.2. The molecule has 0 bridgehead atoms. The monoisotopic (exact) mass is 312 g/mol. The molecule has 0 radical (unpaired) electrons. The van der Waals surface area contributed by atoms with Gasteiger partial charge in [-0.1, -0.05) is 69.4 Å². The van der Waals surface area contributed by atoms with Crippen LogP contribution in [-0.2, 0) is 6.61 Å². The lowest BCUT2D eigenvalue weighted by atomic mass is 10.1. The molecule has 0 aliphatic heterocycles. The minimum Gasteiger partial charge on any atom is -0.494 e. The number of hydrogen-bond donors (Lipinski definition) is 0. The molecule has 124 valence electrons. The molecule has 0 spiro atoms. The molecule has 2 nitrogen and oxygen atoms in total. The van der Waals surface area contributed by atoms with Gasteiger partial charge in [0.2, 0.25) is 0 Å². The van der Waals surface area contributed by atoms with Crippen molar-refractivity contribution in [3.8, 4) is 11.5 Å². The van der Waals surface area contributed by atoms with E-state index in [1.54, 1.807) is 0 Å². The van der Waals surface area contributed by atoms with E-state index >= 15 is 0 Å². The summed E-state index contributed by atoms with van der Waals surface area (Å²) in [5, 5.41) is 0. The Labute approximate surface area is 140 Å². The van der Waals surface area contributed by atoms with Gasteiger partial charge in [0.05, 0.1) is 6.61 Å². The van der Waals surface area contributed by atoms with Gasteiger partial charge in [-0.15, -0.1) is 0 Å². The first-order valence-corrected chi connectivity index (χ1v) is 8.78. The van der Waals surface area contributed by atoms with Crippen molar-refractivity contribution < 1.29 is 9.47 Å². The molecular formula is C21H28O2. The zero-order valence-corrected chi connectivity index (χ0v) is 14.2. The van der Waals surface area contributed by atoms with E-state index in [2.05, 4.69) is 19.1 Å². The van der Waals surface area contributed by atoms with Crippen LogP contribution in [0.15, 0.2) is 54.6 Å². The van der Waals surface area contributed by atoms with Gasteiger partial charge in [-0.05, 0) is 36.2 Å². The Morgan fingerprint density at radius 3 is 2.04 bits per heavy atom. The van der Waals surface area contributed by atoms with E-state index in [-0.39, 0.29) is 0 Å². The molecule has 0 aromatic heterocycles. The van der Waals surface area contributed by atoms with Crippen LogP contribution < -0.4 is 9.47 Å². The Hall–Kier alpha value is -1.96. The van der Waals surface area contributed by atoms with Gasteiger partial charge in [0.15, 0.2) is 0 Å². The average Bonchev–Trinajstić information content (AvgIpc) is 2.61. The molecule has 0 saturated carbocycles. The lowest BCUT2D eigenvalue weighted by molar-refractivity contribution is 0.300. The first kappa shape index (κ1) is 17.4. The fourth-order valence-electron chi connectivity index (χ4n) is 2.44. The summed E-state index contributed by atoms with van der Waals surface area (Å²) in [6.07, 6.45) is 7.75. The fourth-order valence-corrected chi connectivity index (χ4v) is 2.44. The minimum absolute atomic E-state index is 0.585. The predicted molar refractivity (Wildman–Crippen MR) is 96.1 cm³/mol. The predicted octanol–water partition coefficient (Wildman–Crippen LogP) is 6.00. The van der Waals surface area contributed by atoms with Crippen LogP contribution in [0.2, 0.25) is 0 Å². The molecule has 0 atom stereocenters. The number of unbranched alkanes of at least 4 members (excludes halogenated alkanes) is 5. The summed E-state index contributed by atoms with van der Waals surface area (Å²) in [7, 11) is 0. The third-order valence-corrected chi connectivity index (χ3v) is 3.84. The average molecular weight is 312 g/mol. The van der Waals surface area contributed by atoms with Crippen molar-refractivity contribution in [2.24, 2.45) is 0 Å². The number of para-hydroxylation sites is 1. The highest BCUT2D eigenvalue weighted by Crippen LogP contribution is 2.16.